The number of carbonyl (C=O) groups is 1. The molecule has 1 aliphatic rings. The van der Waals surface area contributed by atoms with Crippen molar-refractivity contribution < 1.29 is 9.18 Å². The summed E-state index contributed by atoms with van der Waals surface area (Å²) in [6.45, 7) is 0. The monoisotopic (exact) mass is 258 g/mol. The summed E-state index contributed by atoms with van der Waals surface area (Å²) in [5.41, 5.74) is 0.432. The molecule has 0 spiro atoms. The zero-order valence-electron chi connectivity index (χ0n) is 8.71. The molecule has 0 saturated carbocycles. The van der Waals surface area contributed by atoms with Crippen LogP contribution in [0.3, 0.4) is 0 Å². The second-order valence-electron chi connectivity index (χ2n) is 3.85. The van der Waals surface area contributed by atoms with E-state index in [-0.39, 0.29) is 16.1 Å². The number of ketones is 1. The number of hydrogen-bond donors (Lipinski definition) is 0. The molecule has 0 amide bonds. The van der Waals surface area contributed by atoms with Crippen molar-refractivity contribution in [3.05, 3.63) is 34.6 Å². The van der Waals surface area contributed by atoms with Gasteiger partial charge in [-0.1, -0.05) is 18.0 Å². The number of Topliss-reactive ketones (excluding diaryl/α,β-unsaturated/α-hetero) is 1. The number of halogens is 2. The molecule has 1 atom stereocenters. The largest absolute Gasteiger partial charge is 0.293 e. The van der Waals surface area contributed by atoms with Crippen molar-refractivity contribution >= 4 is 29.1 Å². The van der Waals surface area contributed by atoms with Crippen LogP contribution in [-0.4, -0.2) is 16.8 Å². The molecule has 86 valence electrons. The van der Waals surface area contributed by atoms with Crippen LogP contribution >= 0.6 is 23.4 Å². The SMILES string of the molecule is O=C(c1ccc(Cl)c(F)c1)C1CCCCS1. The summed E-state index contributed by atoms with van der Waals surface area (Å²) < 4.78 is 13.2. The lowest BCUT2D eigenvalue weighted by atomic mass is 10.0. The van der Waals surface area contributed by atoms with Gasteiger partial charge in [-0.15, -0.1) is 0 Å². The molecule has 2 rings (SSSR count). The van der Waals surface area contributed by atoms with E-state index in [0.717, 1.165) is 18.6 Å². The van der Waals surface area contributed by atoms with E-state index in [1.54, 1.807) is 17.8 Å². The smallest absolute Gasteiger partial charge is 0.175 e. The summed E-state index contributed by atoms with van der Waals surface area (Å²) in [5.74, 6) is 0.528. The molecule has 1 fully saturated rings. The Morgan fingerprint density at radius 2 is 2.25 bits per heavy atom. The van der Waals surface area contributed by atoms with Gasteiger partial charge in [0.2, 0.25) is 0 Å². The normalized spacial score (nSPS) is 20.8. The highest BCUT2D eigenvalue weighted by molar-refractivity contribution is 8.00. The van der Waals surface area contributed by atoms with Crippen LogP contribution in [0.4, 0.5) is 4.39 Å². The summed E-state index contributed by atoms with van der Waals surface area (Å²) in [4.78, 5) is 12.0. The second-order valence-corrected chi connectivity index (χ2v) is 5.57. The summed E-state index contributed by atoms with van der Waals surface area (Å²) in [5, 5.41) is 0.0576. The quantitative estimate of drug-likeness (QED) is 0.748. The number of thioether (sulfide) groups is 1. The third-order valence-electron chi connectivity index (χ3n) is 2.68. The predicted octanol–water partition coefficient (Wildman–Crippen LogP) is 3.95. The van der Waals surface area contributed by atoms with Gasteiger partial charge in [0.05, 0.1) is 10.3 Å². The Kier molecular flexibility index (Phi) is 3.87. The summed E-state index contributed by atoms with van der Waals surface area (Å²) in [6, 6.07) is 4.28. The molecule has 0 bridgehead atoms. The molecule has 1 saturated heterocycles. The van der Waals surface area contributed by atoms with Gasteiger partial charge in [-0.3, -0.25) is 4.79 Å². The van der Waals surface area contributed by atoms with Crippen molar-refractivity contribution in [3.8, 4) is 0 Å². The highest BCUT2D eigenvalue weighted by Gasteiger charge is 2.23. The maximum Gasteiger partial charge on any atom is 0.175 e. The Morgan fingerprint density at radius 1 is 1.44 bits per heavy atom. The fourth-order valence-electron chi connectivity index (χ4n) is 1.78. The van der Waals surface area contributed by atoms with Gasteiger partial charge in [-0.05, 0) is 36.8 Å². The Balaban J connectivity index is 2.16. The van der Waals surface area contributed by atoms with Gasteiger partial charge in [0.15, 0.2) is 5.78 Å². The number of benzene rings is 1. The number of carbonyl (C=O) groups excluding carboxylic acids is 1. The van der Waals surface area contributed by atoms with E-state index in [2.05, 4.69) is 0 Å². The minimum absolute atomic E-state index is 0.00525. The Bertz CT molecular complexity index is 402. The third-order valence-corrected chi connectivity index (χ3v) is 4.36. The lowest BCUT2D eigenvalue weighted by molar-refractivity contribution is 0.0984. The van der Waals surface area contributed by atoms with Crippen LogP contribution in [0, 0.1) is 5.82 Å². The standard InChI is InChI=1S/C12H12ClFOS/c13-9-5-4-8(7-10(9)14)12(15)11-3-1-2-6-16-11/h4-5,7,11H,1-3,6H2. The Labute approximate surface area is 103 Å². The van der Waals surface area contributed by atoms with Crippen LogP contribution in [0.15, 0.2) is 18.2 Å². The molecule has 0 N–H and O–H groups in total. The first-order chi connectivity index (χ1) is 7.68. The fourth-order valence-corrected chi connectivity index (χ4v) is 3.18. The fraction of sp³-hybridized carbons (Fsp3) is 0.417. The van der Waals surface area contributed by atoms with Gasteiger partial charge < -0.3 is 0 Å². The van der Waals surface area contributed by atoms with Crippen molar-refractivity contribution in [3.63, 3.8) is 0 Å². The molecule has 1 nitrogen and oxygen atoms in total. The zero-order chi connectivity index (χ0) is 11.5. The van der Waals surface area contributed by atoms with Gasteiger partial charge in [0, 0.05) is 5.56 Å². The van der Waals surface area contributed by atoms with Gasteiger partial charge >= 0.3 is 0 Å². The van der Waals surface area contributed by atoms with E-state index in [4.69, 9.17) is 11.6 Å². The van der Waals surface area contributed by atoms with Gasteiger partial charge in [-0.2, -0.15) is 11.8 Å². The van der Waals surface area contributed by atoms with Crippen molar-refractivity contribution in [1.29, 1.82) is 0 Å². The van der Waals surface area contributed by atoms with Crippen LogP contribution in [0.2, 0.25) is 5.02 Å². The third kappa shape index (κ3) is 2.58. The molecule has 4 heteroatoms. The van der Waals surface area contributed by atoms with E-state index >= 15 is 0 Å². The lowest BCUT2D eigenvalue weighted by Crippen LogP contribution is -2.21. The molecule has 1 aromatic carbocycles. The molecule has 16 heavy (non-hydrogen) atoms. The van der Waals surface area contributed by atoms with Crippen LogP contribution in [0.25, 0.3) is 0 Å². The van der Waals surface area contributed by atoms with Crippen LogP contribution < -0.4 is 0 Å². The molecular formula is C12H12ClFOS. The number of rotatable bonds is 2. The average molecular weight is 259 g/mol. The zero-order valence-corrected chi connectivity index (χ0v) is 10.3. The van der Waals surface area contributed by atoms with E-state index in [9.17, 15) is 9.18 Å². The second kappa shape index (κ2) is 5.19. The topological polar surface area (TPSA) is 17.1 Å². The first-order valence-corrected chi connectivity index (χ1v) is 6.72. The molecule has 0 aliphatic carbocycles. The first kappa shape index (κ1) is 11.9. The molecular weight excluding hydrogens is 247 g/mol. The molecule has 0 radical (unpaired) electrons. The highest BCUT2D eigenvalue weighted by atomic mass is 35.5. The van der Waals surface area contributed by atoms with Crippen molar-refractivity contribution in [2.75, 3.05) is 5.75 Å². The Morgan fingerprint density at radius 3 is 2.88 bits per heavy atom. The van der Waals surface area contributed by atoms with Gasteiger partial charge in [0.25, 0.3) is 0 Å². The minimum atomic E-state index is -0.520. The maximum atomic E-state index is 13.2. The molecule has 1 unspecified atom stereocenters. The van der Waals surface area contributed by atoms with Crippen molar-refractivity contribution in [2.24, 2.45) is 0 Å². The molecule has 1 aliphatic heterocycles. The van der Waals surface area contributed by atoms with Gasteiger partial charge in [-0.25, -0.2) is 4.39 Å². The first-order valence-electron chi connectivity index (χ1n) is 5.29. The predicted molar refractivity (Wildman–Crippen MR) is 65.8 cm³/mol. The molecule has 1 aromatic rings. The maximum absolute atomic E-state index is 13.2. The van der Waals surface area contributed by atoms with Crippen molar-refractivity contribution in [2.45, 2.75) is 24.5 Å². The Hall–Kier alpha value is -0.540. The van der Waals surface area contributed by atoms with E-state index in [0.29, 0.717) is 5.56 Å². The van der Waals surface area contributed by atoms with E-state index in [1.165, 1.54) is 18.6 Å². The van der Waals surface area contributed by atoms with E-state index < -0.39 is 5.82 Å². The summed E-state index contributed by atoms with van der Waals surface area (Å²) in [7, 11) is 0. The van der Waals surface area contributed by atoms with Crippen LogP contribution in [0.5, 0.6) is 0 Å². The number of hydrogen-bond acceptors (Lipinski definition) is 2. The van der Waals surface area contributed by atoms with Gasteiger partial charge in [0.1, 0.15) is 5.82 Å². The van der Waals surface area contributed by atoms with Crippen LogP contribution in [-0.2, 0) is 0 Å². The molecule has 1 heterocycles. The van der Waals surface area contributed by atoms with Crippen LogP contribution in [0.1, 0.15) is 29.6 Å². The summed E-state index contributed by atoms with van der Waals surface area (Å²) >= 11 is 7.25. The van der Waals surface area contributed by atoms with E-state index in [1.807, 2.05) is 0 Å². The average Bonchev–Trinajstić information content (AvgIpc) is 2.33. The summed E-state index contributed by atoms with van der Waals surface area (Å²) in [6.07, 6.45) is 3.15. The highest BCUT2D eigenvalue weighted by Crippen LogP contribution is 2.28. The molecule has 0 aromatic heterocycles. The van der Waals surface area contributed by atoms with Crippen molar-refractivity contribution in [1.82, 2.24) is 0 Å². The minimum Gasteiger partial charge on any atom is -0.293 e. The lowest BCUT2D eigenvalue weighted by Gasteiger charge is -2.19.